The molecule has 13 nitrogen and oxygen atoms in total. The van der Waals surface area contributed by atoms with E-state index in [1.807, 2.05) is 45.0 Å². The lowest BCUT2D eigenvalue weighted by atomic mass is 9.92. The van der Waals surface area contributed by atoms with Crippen LogP contribution < -0.4 is 37.3 Å². The van der Waals surface area contributed by atoms with E-state index in [1.54, 1.807) is 36.5 Å². The molecular formula is C26H28N10O3. The van der Waals surface area contributed by atoms with Gasteiger partial charge >= 0.3 is 12.1 Å². The quantitative estimate of drug-likeness (QED) is 0.186. The van der Waals surface area contributed by atoms with Crippen LogP contribution in [0.25, 0.3) is 22.3 Å². The molecule has 3 heterocycles. The maximum Gasteiger partial charge on any atom is 0.322 e. The van der Waals surface area contributed by atoms with Gasteiger partial charge in [0.15, 0.2) is 5.65 Å². The molecule has 1 aliphatic rings. The fourth-order valence-corrected chi connectivity index (χ4v) is 4.02. The van der Waals surface area contributed by atoms with Crippen molar-refractivity contribution in [1.29, 1.82) is 0 Å². The lowest BCUT2D eigenvalue weighted by Gasteiger charge is -2.28. The third-order valence-electron chi connectivity index (χ3n) is 5.92. The molecular weight excluding hydrogens is 500 g/mol. The number of nitrogens with one attached hydrogen (secondary N) is 6. The first kappa shape index (κ1) is 25.5. The van der Waals surface area contributed by atoms with Crippen LogP contribution in [0.15, 0.2) is 72.8 Å². The maximum absolute atomic E-state index is 12.8. The van der Waals surface area contributed by atoms with Gasteiger partial charge in [-0.05, 0) is 42.5 Å². The lowest BCUT2D eigenvalue weighted by Crippen LogP contribution is -2.69. The van der Waals surface area contributed by atoms with Gasteiger partial charge in [0.2, 0.25) is 5.79 Å². The van der Waals surface area contributed by atoms with Crippen molar-refractivity contribution in [2.24, 2.45) is 11.1 Å². The summed E-state index contributed by atoms with van der Waals surface area (Å²) < 4.78 is 6.15. The van der Waals surface area contributed by atoms with E-state index in [2.05, 4.69) is 47.0 Å². The van der Waals surface area contributed by atoms with Crippen LogP contribution in [0.5, 0.6) is 11.5 Å². The average molecular weight is 529 g/mol. The van der Waals surface area contributed by atoms with Crippen LogP contribution in [0.2, 0.25) is 0 Å². The summed E-state index contributed by atoms with van der Waals surface area (Å²) in [5, 5.41) is 15.6. The van der Waals surface area contributed by atoms with Crippen LogP contribution in [0.4, 0.5) is 15.3 Å². The molecule has 2 aromatic heterocycles. The molecule has 39 heavy (non-hydrogen) atoms. The van der Waals surface area contributed by atoms with E-state index in [0.717, 1.165) is 16.6 Å². The molecule has 0 aliphatic carbocycles. The number of carbonyl (C=O) groups excluding carboxylic acids is 2. The molecule has 4 amide bonds. The number of ether oxygens (including phenoxy) is 1. The molecule has 2 aromatic carbocycles. The van der Waals surface area contributed by atoms with E-state index < -0.39 is 17.8 Å². The van der Waals surface area contributed by atoms with Crippen LogP contribution in [-0.4, -0.2) is 38.0 Å². The zero-order valence-electron chi connectivity index (χ0n) is 21.5. The van der Waals surface area contributed by atoms with Gasteiger partial charge in [0.25, 0.3) is 0 Å². The van der Waals surface area contributed by atoms with Gasteiger partial charge in [0.1, 0.15) is 17.8 Å². The number of para-hydroxylation sites is 1. The minimum atomic E-state index is -1.41. The van der Waals surface area contributed by atoms with Crippen LogP contribution in [0.1, 0.15) is 20.8 Å². The summed E-state index contributed by atoms with van der Waals surface area (Å²) in [5.41, 5.74) is 14.3. The zero-order chi connectivity index (χ0) is 27.6. The number of aromatic amines is 1. The van der Waals surface area contributed by atoms with E-state index in [0.29, 0.717) is 28.5 Å². The number of allylic oxidation sites excluding steroid dienone is 1. The molecule has 0 bridgehead atoms. The van der Waals surface area contributed by atoms with Crippen molar-refractivity contribution in [2.45, 2.75) is 26.6 Å². The number of rotatable bonds is 6. The normalized spacial score (nSPS) is 16.7. The Bertz CT molecular complexity index is 1560. The Kier molecular flexibility index (Phi) is 6.50. The number of fused-ring (bicyclic) bond motifs is 1. The molecule has 5 rings (SSSR count). The Labute approximate surface area is 223 Å². The molecule has 0 saturated heterocycles. The molecule has 1 unspecified atom stereocenters. The number of nitrogens with zero attached hydrogens (tertiary/aromatic N) is 3. The number of benzene rings is 2. The van der Waals surface area contributed by atoms with Crippen molar-refractivity contribution in [3.05, 3.63) is 72.8 Å². The van der Waals surface area contributed by atoms with E-state index >= 15 is 0 Å². The smallest absolute Gasteiger partial charge is 0.322 e. The number of urea groups is 2. The number of hydrazine groups is 1. The van der Waals surface area contributed by atoms with Crippen molar-refractivity contribution < 1.29 is 14.3 Å². The number of primary amides is 1. The number of anilines is 1. The van der Waals surface area contributed by atoms with Gasteiger partial charge in [-0.1, -0.05) is 32.9 Å². The molecule has 200 valence electrons. The Morgan fingerprint density at radius 2 is 1.79 bits per heavy atom. The largest absolute Gasteiger partial charge is 0.457 e. The molecule has 0 radical (unpaired) electrons. The molecule has 0 spiro atoms. The van der Waals surface area contributed by atoms with E-state index in [1.165, 1.54) is 6.33 Å². The van der Waals surface area contributed by atoms with Crippen molar-refractivity contribution in [3.63, 3.8) is 0 Å². The van der Waals surface area contributed by atoms with Crippen LogP contribution >= 0.6 is 0 Å². The second-order valence-electron chi connectivity index (χ2n) is 9.91. The van der Waals surface area contributed by atoms with E-state index in [9.17, 15) is 9.59 Å². The van der Waals surface area contributed by atoms with Gasteiger partial charge < -0.3 is 21.2 Å². The zero-order valence-corrected chi connectivity index (χ0v) is 21.5. The lowest BCUT2D eigenvalue weighted by molar-refractivity contribution is 0.212. The van der Waals surface area contributed by atoms with Crippen molar-refractivity contribution in [1.82, 2.24) is 41.7 Å². The Hall–Kier alpha value is -5.17. The maximum atomic E-state index is 12.8. The molecule has 1 aliphatic heterocycles. The number of hydrogen-bond acceptors (Lipinski definition) is 8. The summed E-state index contributed by atoms with van der Waals surface area (Å²) in [7, 11) is 0. The number of amides is 4. The fraction of sp³-hybridized carbons (Fsp3) is 0.192. The molecule has 1 atom stereocenters. The first-order valence-electron chi connectivity index (χ1n) is 12.1. The van der Waals surface area contributed by atoms with Gasteiger partial charge in [-0.2, -0.15) is 10.5 Å². The van der Waals surface area contributed by atoms with E-state index in [4.69, 9.17) is 10.5 Å². The standard InChI is InChI=1S/C26H28N10O3/c1-25(2,3)20-12-26(36-34-20,32-23(27)37)33-24(38)31-15-8-10-16(11-9-15)39-19-7-5-4-6-17(19)21-18-13-30-35-22(18)29-14-28-21/h4-14,34,36H,1-3H3,(H3,27,32,37)(H2,31,33,38)(H,28,29,30,35). The highest BCUT2D eigenvalue weighted by Crippen LogP contribution is 2.35. The average Bonchev–Trinajstić information content (AvgIpc) is 3.52. The van der Waals surface area contributed by atoms with Crippen molar-refractivity contribution in [3.8, 4) is 22.8 Å². The third kappa shape index (κ3) is 5.57. The Balaban J connectivity index is 1.29. The van der Waals surface area contributed by atoms with Gasteiger partial charge in [-0.15, -0.1) is 0 Å². The summed E-state index contributed by atoms with van der Waals surface area (Å²) in [6, 6.07) is 13.0. The summed E-state index contributed by atoms with van der Waals surface area (Å²) >= 11 is 0. The SMILES string of the molecule is CC(C)(C)C1=CC(NC(N)=O)(NC(=O)Nc2ccc(Oc3ccccc3-c3ncnc4[nH]ncc34)cc2)NN1. The highest BCUT2D eigenvalue weighted by atomic mass is 16.5. The second-order valence-corrected chi connectivity index (χ2v) is 9.91. The molecule has 0 fully saturated rings. The first-order valence-corrected chi connectivity index (χ1v) is 12.1. The molecule has 4 aromatic rings. The summed E-state index contributed by atoms with van der Waals surface area (Å²) in [4.78, 5) is 33.1. The summed E-state index contributed by atoms with van der Waals surface area (Å²) in [6.07, 6.45) is 4.81. The molecule has 8 N–H and O–H groups in total. The van der Waals surface area contributed by atoms with Crippen LogP contribution in [0.3, 0.4) is 0 Å². The highest BCUT2D eigenvalue weighted by molar-refractivity contribution is 5.92. The van der Waals surface area contributed by atoms with Gasteiger partial charge in [0, 0.05) is 22.4 Å². The topological polar surface area (TPSA) is 184 Å². The number of nitrogens with two attached hydrogens (primary N) is 1. The van der Waals surface area contributed by atoms with Gasteiger partial charge in [-0.25, -0.2) is 19.6 Å². The third-order valence-corrected chi connectivity index (χ3v) is 5.92. The van der Waals surface area contributed by atoms with Crippen molar-refractivity contribution in [2.75, 3.05) is 5.32 Å². The van der Waals surface area contributed by atoms with Crippen molar-refractivity contribution >= 4 is 28.8 Å². The summed E-state index contributed by atoms with van der Waals surface area (Å²) in [6.45, 7) is 5.96. The van der Waals surface area contributed by atoms with Crippen LogP contribution in [0, 0.1) is 5.41 Å². The minimum Gasteiger partial charge on any atom is -0.457 e. The van der Waals surface area contributed by atoms with Gasteiger partial charge in [0.05, 0.1) is 17.3 Å². The predicted molar refractivity (Wildman–Crippen MR) is 145 cm³/mol. The summed E-state index contributed by atoms with van der Waals surface area (Å²) in [5.74, 6) is -0.262. The molecule has 13 heteroatoms. The molecule has 0 saturated carbocycles. The Morgan fingerprint density at radius 1 is 1.03 bits per heavy atom. The number of aromatic nitrogens is 4. The van der Waals surface area contributed by atoms with E-state index in [-0.39, 0.29) is 5.41 Å². The number of carbonyl (C=O) groups is 2. The predicted octanol–water partition coefficient (Wildman–Crippen LogP) is 3.29. The van der Waals surface area contributed by atoms with Gasteiger partial charge in [-0.3, -0.25) is 15.7 Å². The number of hydrogen-bond donors (Lipinski definition) is 7. The second kappa shape index (κ2) is 9.95. The monoisotopic (exact) mass is 528 g/mol. The highest BCUT2D eigenvalue weighted by Gasteiger charge is 2.38. The number of H-pyrrole nitrogens is 1. The minimum absolute atomic E-state index is 0.265. The van der Waals surface area contributed by atoms with Crippen LogP contribution in [-0.2, 0) is 0 Å². The first-order chi connectivity index (χ1) is 18.6. The Morgan fingerprint density at radius 3 is 2.51 bits per heavy atom. The fourth-order valence-electron chi connectivity index (χ4n) is 4.02.